The predicted octanol–water partition coefficient (Wildman–Crippen LogP) is 6.16. The number of hydrogen-bond acceptors (Lipinski definition) is 6. The monoisotopic (exact) mass is 450 g/mol. The van der Waals surface area contributed by atoms with Crippen LogP contribution in [0.15, 0.2) is 48.1 Å². The van der Waals surface area contributed by atoms with Gasteiger partial charge in [0, 0.05) is 36.6 Å². The Bertz CT molecular complexity index is 947. The van der Waals surface area contributed by atoms with Gasteiger partial charge in [0.25, 0.3) is 0 Å². The predicted molar refractivity (Wildman–Crippen MR) is 117 cm³/mol. The summed E-state index contributed by atoms with van der Waals surface area (Å²) in [6, 6.07) is 7.85. The zero-order chi connectivity index (χ0) is 22.1. The standard InChI is InChI=1S/C22H25F3N4OS/c1-2-3-4-10-30-20-8-7-17(11-19(20)22(23,24)25)28-21-29-18(15-31-21)14-27-13-16-6-5-9-26-12-16/h5-9,11-12,15,27H,2-4,10,13-14H2,1H3,(H,28,29). The number of unbranched alkanes of at least 4 members (excludes halogenated alkanes) is 2. The molecule has 2 aromatic heterocycles. The van der Waals surface area contributed by atoms with Gasteiger partial charge in [-0.3, -0.25) is 4.98 Å². The summed E-state index contributed by atoms with van der Waals surface area (Å²) in [4.78, 5) is 8.50. The lowest BCUT2D eigenvalue weighted by Gasteiger charge is -2.15. The number of rotatable bonds is 11. The molecule has 166 valence electrons. The second-order valence-corrected chi connectivity index (χ2v) is 7.86. The fraction of sp³-hybridized carbons (Fsp3) is 0.364. The van der Waals surface area contributed by atoms with Crippen LogP contribution in [0.2, 0.25) is 0 Å². The zero-order valence-corrected chi connectivity index (χ0v) is 18.0. The molecule has 0 bridgehead atoms. The van der Waals surface area contributed by atoms with Gasteiger partial charge in [-0.15, -0.1) is 11.3 Å². The molecule has 0 saturated heterocycles. The molecule has 0 spiro atoms. The summed E-state index contributed by atoms with van der Waals surface area (Å²) in [6.07, 6.45) is 1.64. The van der Waals surface area contributed by atoms with Crippen LogP contribution in [0, 0.1) is 0 Å². The molecule has 0 saturated carbocycles. The highest BCUT2D eigenvalue weighted by Crippen LogP contribution is 2.38. The van der Waals surface area contributed by atoms with Gasteiger partial charge in [-0.2, -0.15) is 13.2 Å². The molecule has 0 radical (unpaired) electrons. The number of nitrogens with zero attached hydrogens (tertiary/aromatic N) is 2. The van der Waals surface area contributed by atoms with Gasteiger partial charge in [0.1, 0.15) is 5.75 Å². The first-order chi connectivity index (χ1) is 15.0. The van der Waals surface area contributed by atoms with Crippen LogP contribution in [0.4, 0.5) is 24.0 Å². The van der Waals surface area contributed by atoms with Crippen LogP contribution in [0.1, 0.15) is 43.0 Å². The number of halogens is 3. The van der Waals surface area contributed by atoms with Gasteiger partial charge >= 0.3 is 6.18 Å². The summed E-state index contributed by atoms with van der Waals surface area (Å²) in [5.41, 5.74) is 1.40. The van der Waals surface area contributed by atoms with Crippen molar-refractivity contribution in [1.82, 2.24) is 15.3 Å². The van der Waals surface area contributed by atoms with Crippen LogP contribution < -0.4 is 15.4 Å². The summed E-state index contributed by atoms with van der Waals surface area (Å²) in [6.45, 7) is 3.50. The van der Waals surface area contributed by atoms with Gasteiger partial charge in [-0.1, -0.05) is 25.8 Å². The van der Waals surface area contributed by atoms with E-state index in [2.05, 4.69) is 20.6 Å². The fourth-order valence-corrected chi connectivity index (χ4v) is 3.63. The Morgan fingerprint density at radius 2 is 2.00 bits per heavy atom. The average molecular weight is 451 g/mol. The highest BCUT2D eigenvalue weighted by molar-refractivity contribution is 7.13. The molecule has 0 aliphatic carbocycles. The molecule has 5 nitrogen and oxygen atoms in total. The molecule has 0 unspecified atom stereocenters. The minimum absolute atomic E-state index is 0.145. The first-order valence-corrected chi connectivity index (χ1v) is 11.0. The second kappa shape index (κ2) is 11.1. The van der Waals surface area contributed by atoms with Crippen molar-refractivity contribution in [1.29, 1.82) is 0 Å². The molecule has 3 rings (SSSR count). The first-order valence-electron chi connectivity index (χ1n) is 10.1. The maximum atomic E-state index is 13.5. The number of anilines is 2. The molecule has 1 aromatic carbocycles. The Kier molecular flexibility index (Phi) is 8.25. The van der Waals surface area contributed by atoms with Crippen LogP contribution in [0.25, 0.3) is 0 Å². The molecule has 0 aliphatic rings. The number of ether oxygens (including phenoxy) is 1. The minimum atomic E-state index is -4.50. The summed E-state index contributed by atoms with van der Waals surface area (Å²) < 4.78 is 45.9. The molecule has 0 fully saturated rings. The van der Waals surface area contributed by atoms with Crippen LogP contribution >= 0.6 is 11.3 Å². The van der Waals surface area contributed by atoms with Crippen molar-refractivity contribution < 1.29 is 17.9 Å². The third kappa shape index (κ3) is 7.22. The van der Waals surface area contributed by atoms with E-state index in [1.165, 1.54) is 17.4 Å². The van der Waals surface area contributed by atoms with Crippen molar-refractivity contribution in [2.45, 2.75) is 45.5 Å². The molecule has 0 amide bonds. The van der Waals surface area contributed by atoms with E-state index < -0.39 is 11.7 Å². The second-order valence-electron chi connectivity index (χ2n) is 7.00. The van der Waals surface area contributed by atoms with Gasteiger partial charge in [0.15, 0.2) is 5.13 Å². The smallest absolute Gasteiger partial charge is 0.420 e. The lowest BCUT2D eigenvalue weighted by Crippen LogP contribution is -2.13. The minimum Gasteiger partial charge on any atom is -0.493 e. The Morgan fingerprint density at radius 1 is 1.13 bits per heavy atom. The van der Waals surface area contributed by atoms with Gasteiger partial charge in [-0.05, 0) is 36.2 Å². The van der Waals surface area contributed by atoms with Gasteiger partial charge in [0.05, 0.1) is 17.9 Å². The zero-order valence-electron chi connectivity index (χ0n) is 17.2. The van der Waals surface area contributed by atoms with E-state index in [9.17, 15) is 13.2 Å². The van der Waals surface area contributed by atoms with Crippen LogP contribution in [-0.4, -0.2) is 16.6 Å². The normalized spacial score (nSPS) is 11.5. The van der Waals surface area contributed by atoms with Crippen molar-refractivity contribution in [3.63, 3.8) is 0 Å². The van der Waals surface area contributed by atoms with E-state index in [0.717, 1.165) is 36.6 Å². The molecular formula is C22H25F3N4OS. The fourth-order valence-electron chi connectivity index (χ4n) is 2.90. The summed E-state index contributed by atoms with van der Waals surface area (Å²) in [5.74, 6) is -0.145. The third-order valence-corrected chi connectivity index (χ3v) is 5.26. The quantitative estimate of drug-likeness (QED) is 0.343. The number of pyridine rings is 1. The van der Waals surface area contributed by atoms with Crippen molar-refractivity contribution >= 4 is 22.2 Å². The highest BCUT2D eigenvalue weighted by atomic mass is 32.1. The molecule has 9 heteroatoms. The Morgan fingerprint density at radius 3 is 2.74 bits per heavy atom. The summed E-state index contributed by atoms with van der Waals surface area (Å²) >= 11 is 1.34. The summed E-state index contributed by atoms with van der Waals surface area (Å²) in [5, 5.41) is 8.63. The Hall–Kier alpha value is -2.65. The molecule has 31 heavy (non-hydrogen) atoms. The maximum Gasteiger partial charge on any atom is 0.420 e. The average Bonchev–Trinajstić information content (AvgIpc) is 3.19. The van der Waals surface area contributed by atoms with E-state index in [1.807, 2.05) is 24.4 Å². The molecule has 3 aromatic rings. The van der Waals surface area contributed by atoms with E-state index in [4.69, 9.17) is 4.74 Å². The first kappa shape index (κ1) is 23.0. The largest absolute Gasteiger partial charge is 0.493 e. The molecule has 2 N–H and O–H groups in total. The number of alkyl halides is 3. The van der Waals surface area contributed by atoms with Crippen molar-refractivity contribution in [2.75, 3.05) is 11.9 Å². The lowest BCUT2D eigenvalue weighted by molar-refractivity contribution is -0.138. The number of hydrogen-bond donors (Lipinski definition) is 2. The summed E-state index contributed by atoms with van der Waals surface area (Å²) in [7, 11) is 0. The molecule has 2 heterocycles. The van der Waals surface area contributed by atoms with Crippen molar-refractivity contribution in [2.24, 2.45) is 0 Å². The molecular weight excluding hydrogens is 425 g/mol. The van der Waals surface area contributed by atoms with E-state index >= 15 is 0 Å². The van der Waals surface area contributed by atoms with Crippen molar-refractivity contribution in [3.8, 4) is 5.75 Å². The maximum absolute atomic E-state index is 13.5. The number of thiazole rings is 1. The molecule has 0 atom stereocenters. The lowest BCUT2D eigenvalue weighted by atomic mass is 10.1. The topological polar surface area (TPSA) is 59.1 Å². The van der Waals surface area contributed by atoms with Crippen LogP contribution in [0.3, 0.4) is 0 Å². The van der Waals surface area contributed by atoms with Crippen LogP contribution in [0.5, 0.6) is 5.75 Å². The van der Waals surface area contributed by atoms with Crippen LogP contribution in [-0.2, 0) is 19.3 Å². The van der Waals surface area contributed by atoms with Gasteiger partial charge < -0.3 is 15.4 Å². The van der Waals surface area contributed by atoms with Gasteiger partial charge in [0.2, 0.25) is 0 Å². The number of nitrogens with one attached hydrogen (secondary N) is 2. The Balaban J connectivity index is 1.60. The number of aromatic nitrogens is 2. The molecule has 0 aliphatic heterocycles. The van der Waals surface area contributed by atoms with E-state index in [0.29, 0.717) is 23.9 Å². The number of benzene rings is 1. The SMILES string of the molecule is CCCCCOc1ccc(Nc2nc(CNCc3cccnc3)cs2)cc1C(F)(F)F. The van der Waals surface area contributed by atoms with E-state index in [1.54, 1.807) is 18.5 Å². The van der Waals surface area contributed by atoms with Crippen molar-refractivity contribution in [3.05, 3.63) is 64.9 Å². The van der Waals surface area contributed by atoms with Gasteiger partial charge in [-0.25, -0.2) is 4.98 Å². The highest BCUT2D eigenvalue weighted by Gasteiger charge is 2.34. The van der Waals surface area contributed by atoms with E-state index in [-0.39, 0.29) is 12.4 Å². The Labute approximate surface area is 183 Å². The third-order valence-electron chi connectivity index (χ3n) is 4.45.